The van der Waals surface area contributed by atoms with E-state index in [4.69, 9.17) is 0 Å². The van der Waals surface area contributed by atoms with E-state index in [9.17, 15) is 4.79 Å². The van der Waals surface area contributed by atoms with Crippen LogP contribution in [0.5, 0.6) is 0 Å². The van der Waals surface area contributed by atoms with Crippen molar-refractivity contribution < 1.29 is 4.79 Å². The fraction of sp³-hybridized carbons (Fsp3) is 0.409. The quantitative estimate of drug-likeness (QED) is 0.778. The lowest BCUT2D eigenvalue weighted by Crippen LogP contribution is -2.44. The lowest BCUT2D eigenvalue weighted by Gasteiger charge is -2.27. The van der Waals surface area contributed by atoms with E-state index >= 15 is 0 Å². The maximum absolute atomic E-state index is 12.7. The van der Waals surface area contributed by atoms with Crippen LogP contribution >= 0.6 is 24.8 Å². The maximum atomic E-state index is 12.7. The summed E-state index contributed by atoms with van der Waals surface area (Å²) in [4.78, 5) is 15.2. The minimum Gasteiger partial charge on any atom is -0.325 e. The molecule has 0 aromatic heterocycles. The first-order valence-corrected chi connectivity index (χ1v) is 9.70. The third-order valence-corrected chi connectivity index (χ3v) is 5.45. The molecule has 152 valence electrons. The smallest absolute Gasteiger partial charge is 0.241 e. The monoisotopic (exact) mass is 421 g/mol. The van der Waals surface area contributed by atoms with Gasteiger partial charge in [0.25, 0.3) is 0 Å². The molecule has 4 nitrogen and oxygen atoms in total. The van der Waals surface area contributed by atoms with E-state index in [1.165, 1.54) is 49.0 Å². The Labute approximate surface area is 179 Å². The number of hydrogen-bond donors (Lipinski definition) is 2. The Kier molecular flexibility index (Phi) is 8.77. The summed E-state index contributed by atoms with van der Waals surface area (Å²) in [5, 5.41) is 6.46. The summed E-state index contributed by atoms with van der Waals surface area (Å²) in [5.41, 5.74) is 4.72. The number of amides is 1. The van der Waals surface area contributed by atoms with E-state index in [2.05, 4.69) is 45.9 Å². The third-order valence-electron chi connectivity index (χ3n) is 5.45. The normalized spacial score (nSPS) is 18.9. The number of nitrogens with one attached hydrogen (secondary N) is 2. The molecule has 2 heterocycles. The van der Waals surface area contributed by atoms with Crippen molar-refractivity contribution in [2.75, 3.05) is 18.4 Å². The number of fused-ring (bicyclic) bond motifs is 1. The van der Waals surface area contributed by atoms with Gasteiger partial charge in [-0.15, -0.1) is 24.8 Å². The number of benzene rings is 2. The van der Waals surface area contributed by atoms with Gasteiger partial charge in [0.15, 0.2) is 0 Å². The van der Waals surface area contributed by atoms with Crippen LogP contribution in [0.2, 0.25) is 0 Å². The average Bonchev–Trinajstić information content (AvgIpc) is 2.68. The highest BCUT2D eigenvalue weighted by Crippen LogP contribution is 2.19. The Balaban J connectivity index is 0.00000140. The maximum Gasteiger partial charge on any atom is 0.241 e. The van der Waals surface area contributed by atoms with Crippen molar-refractivity contribution in [3.8, 4) is 0 Å². The molecule has 1 atom stereocenters. The van der Waals surface area contributed by atoms with Gasteiger partial charge < -0.3 is 10.6 Å². The van der Waals surface area contributed by atoms with Gasteiger partial charge >= 0.3 is 0 Å². The molecule has 0 aliphatic carbocycles. The van der Waals surface area contributed by atoms with Crippen LogP contribution in [-0.4, -0.2) is 29.9 Å². The van der Waals surface area contributed by atoms with Crippen molar-refractivity contribution in [1.29, 1.82) is 0 Å². The van der Waals surface area contributed by atoms with Gasteiger partial charge in [0.1, 0.15) is 0 Å². The van der Waals surface area contributed by atoms with Crippen molar-refractivity contribution in [2.45, 2.75) is 44.8 Å². The summed E-state index contributed by atoms with van der Waals surface area (Å²) in [7, 11) is 0. The summed E-state index contributed by atoms with van der Waals surface area (Å²) in [6.07, 6.45) is 4.69. The molecule has 0 spiro atoms. The van der Waals surface area contributed by atoms with Gasteiger partial charge in [-0.2, -0.15) is 0 Å². The third kappa shape index (κ3) is 5.71. The first kappa shape index (κ1) is 22.7. The number of rotatable bonds is 4. The molecule has 1 unspecified atom stereocenters. The number of carbonyl (C=O) groups excluding carboxylic acids is 1. The van der Waals surface area contributed by atoms with Crippen LogP contribution in [0.25, 0.3) is 0 Å². The molecule has 0 saturated carbocycles. The van der Waals surface area contributed by atoms with Gasteiger partial charge in [0.2, 0.25) is 5.91 Å². The summed E-state index contributed by atoms with van der Waals surface area (Å²) in [5.74, 6) is 0.0506. The molecule has 1 amide bonds. The van der Waals surface area contributed by atoms with Crippen molar-refractivity contribution >= 4 is 36.4 Å². The van der Waals surface area contributed by atoms with E-state index in [0.717, 1.165) is 25.2 Å². The van der Waals surface area contributed by atoms with Crippen LogP contribution < -0.4 is 10.6 Å². The van der Waals surface area contributed by atoms with E-state index in [0.29, 0.717) is 0 Å². The largest absolute Gasteiger partial charge is 0.325 e. The molecular formula is C22H29Cl2N3O. The molecule has 2 aliphatic rings. The number of nitrogens with zero attached hydrogens (tertiary/aromatic N) is 1. The molecule has 2 aromatic rings. The van der Waals surface area contributed by atoms with Crippen molar-refractivity contribution in [3.05, 3.63) is 65.2 Å². The highest BCUT2D eigenvalue weighted by molar-refractivity contribution is 5.95. The summed E-state index contributed by atoms with van der Waals surface area (Å²) in [6, 6.07) is 16.5. The van der Waals surface area contributed by atoms with Gasteiger partial charge in [-0.1, -0.05) is 42.8 Å². The molecule has 1 fully saturated rings. The van der Waals surface area contributed by atoms with Crippen LogP contribution in [0.15, 0.2) is 48.5 Å². The minimum atomic E-state index is -0.171. The Morgan fingerprint density at radius 1 is 1.00 bits per heavy atom. The molecule has 2 aromatic carbocycles. The number of halogens is 2. The second-order valence-corrected chi connectivity index (χ2v) is 7.43. The summed E-state index contributed by atoms with van der Waals surface area (Å²) >= 11 is 0. The fourth-order valence-electron chi connectivity index (χ4n) is 3.99. The predicted octanol–water partition coefficient (Wildman–Crippen LogP) is 4.17. The first-order valence-electron chi connectivity index (χ1n) is 9.70. The van der Waals surface area contributed by atoms with Crippen molar-refractivity contribution in [3.63, 3.8) is 0 Å². The molecule has 28 heavy (non-hydrogen) atoms. The Morgan fingerprint density at radius 3 is 2.54 bits per heavy atom. The van der Waals surface area contributed by atoms with E-state index in [1.54, 1.807) is 0 Å². The lowest BCUT2D eigenvalue weighted by molar-refractivity contribution is -0.118. The molecule has 1 saturated heterocycles. The Hall–Kier alpha value is -1.59. The number of piperidine rings is 1. The Morgan fingerprint density at radius 2 is 1.75 bits per heavy atom. The van der Waals surface area contributed by atoms with Gasteiger partial charge in [0.05, 0.1) is 6.04 Å². The number of carbonyl (C=O) groups is 1. The molecule has 2 N–H and O–H groups in total. The van der Waals surface area contributed by atoms with Crippen LogP contribution in [0.1, 0.15) is 36.0 Å². The second-order valence-electron chi connectivity index (χ2n) is 7.43. The zero-order valence-electron chi connectivity index (χ0n) is 16.0. The summed E-state index contributed by atoms with van der Waals surface area (Å²) in [6.45, 7) is 4.09. The van der Waals surface area contributed by atoms with Gasteiger partial charge in [-0.3, -0.25) is 9.69 Å². The van der Waals surface area contributed by atoms with Crippen molar-refractivity contribution in [2.24, 2.45) is 0 Å². The second kappa shape index (κ2) is 10.8. The van der Waals surface area contributed by atoms with Crippen LogP contribution in [0.3, 0.4) is 0 Å². The van der Waals surface area contributed by atoms with Crippen LogP contribution in [0.4, 0.5) is 5.69 Å². The first-order chi connectivity index (χ1) is 12.8. The molecule has 2 aliphatic heterocycles. The number of anilines is 1. The predicted molar refractivity (Wildman–Crippen MR) is 119 cm³/mol. The van der Waals surface area contributed by atoms with Gasteiger partial charge in [0, 0.05) is 18.8 Å². The van der Waals surface area contributed by atoms with Gasteiger partial charge in [-0.25, -0.2) is 0 Å². The number of likely N-dealkylation sites (tertiary alicyclic amines) is 1. The molecule has 0 bridgehead atoms. The zero-order chi connectivity index (χ0) is 17.8. The highest BCUT2D eigenvalue weighted by atomic mass is 35.5. The minimum absolute atomic E-state index is 0. The summed E-state index contributed by atoms with van der Waals surface area (Å²) < 4.78 is 0. The van der Waals surface area contributed by atoms with Crippen LogP contribution in [-0.2, 0) is 24.3 Å². The average molecular weight is 422 g/mol. The van der Waals surface area contributed by atoms with E-state index < -0.39 is 0 Å². The fourth-order valence-corrected chi connectivity index (χ4v) is 3.99. The molecular weight excluding hydrogens is 393 g/mol. The standard InChI is InChI=1S/C22H27N3O.2ClH/c26-22(21-14-18-8-2-3-9-19(18)15-23-21)24-20-10-6-7-17(13-20)16-25-11-4-1-5-12-25;;/h2-3,6-10,13,21,23H,1,4-5,11-12,14-16H2,(H,24,26);2*1H. The lowest BCUT2D eigenvalue weighted by atomic mass is 9.95. The topological polar surface area (TPSA) is 44.4 Å². The van der Waals surface area contributed by atoms with E-state index in [-0.39, 0.29) is 36.8 Å². The molecule has 4 rings (SSSR count). The van der Waals surface area contributed by atoms with Crippen molar-refractivity contribution in [1.82, 2.24) is 10.2 Å². The van der Waals surface area contributed by atoms with E-state index in [1.807, 2.05) is 18.2 Å². The number of hydrogen-bond acceptors (Lipinski definition) is 3. The highest BCUT2D eigenvalue weighted by Gasteiger charge is 2.24. The molecule has 6 heteroatoms. The SMILES string of the molecule is Cl.Cl.O=C(Nc1cccc(CN2CCCCC2)c1)C1Cc2ccccc2CN1. The zero-order valence-corrected chi connectivity index (χ0v) is 17.7. The Bertz CT molecular complexity index is 778. The van der Waals surface area contributed by atoms with Crippen LogP contribution in [0, 0.1) is 0 Å². The van der Waals surface area contributed by atoms with Gasteiger partial charge in [-0.05, 0) is 61.2 Å². The molecule has 0 radical (unpaired) electrons.